The van der Waals surface area contributed by atoms with Crippen LogP contribution in [0.2, 0.25) is 0 Å². The molecule has 0 radical (unpaired) electrons. The second kappa shape index (κ2) is 10.3. The van der Waals surface area contributed by atoms with Crippen molar-refractivity contribution >= 4 is 6.08 Å². The molecule has 4 heteroatoms. The Kier molecular flexibility index (Phi) is 7.22. The predicted molar refractivity (Wildman–Crippen MR) is 128 cm³/mol. The van der Waals surface area contributed by atoms with E-state index in [1.165, 1.54) is 6.07 Å². The summed E-state index contributed by atoms with van der Waals surface area (Å²) in [7, 11) is 0. The van der Waals surface area contributed by atoms with E-state index in [1.807, 2.05) is 44.2 Å². The van der Waals surface area contributed by atoms with Gasteiger partial charge in [-0.25, -0.2) is 13.2 Å². The summed E-state index contributed by atoms with van der Waals surface area (Å²) in [6, 6.07) is 15.7. The summed E-state index contributed by atoms with van der Waals surface area (Å²) < 4.78 is 49.3. The Labute approximate surface area is 193 Å². The molecule has 1 saturated carbocycles. The van der Waals surface area contributed by atoms with E-state index in [0.29, 0.717) is 17.9 Å². The molecule has 1 aliphatic rings. The first-order valence-corrected chi connectivity index (χ1v) is 11.6. The predicted octanol–water partition coefficient (Wildman–Crippen LogP) is 8.47. The zero-order valence-corrected chi connectivity index (χ0v) is 19.1. The summed E-state index contributed by atoms with van der Waals surface area (Å²) in [5, 5.41) is 0. The number of allylic oxidation sites excluding steroid dienone is 1. The zero-order valence-electron chi connectivity index (χ0n) is 19.1. The molecule has 3 aromatic carbocycles. The van der Waals surface area contributed by atoms with Gasteiger partial charge in [-0.1, -0.05) is 60.2 Å². The molecule has 0 aromatic heterocycles. The van der Waals surface area contributed by atoms with Gasteiger partial charge in [-0.05, 0) is 68.6 Å². The van der Waals surface area contributed by atoms with Crippen LogP contribution in [0.1, 0.15) is 55.2 Å². The van der Waals surface area contributed by atoms with E-state index in [0.717, 1.165) is 36.8 Å². The lowest BCUT2D eigenvalue weighted by Gasteiger charge is -2.27. The molecule has 1 fully saturated rings. The van der Waals surface area contributed by atoms with E-state index < -0.39 is 11.6 Å². The van der Waals surface area contributed by atoms with Gasteiger partial charge in [0.1, 0.15) is 11.6 Å². The maximum absolute atomic E-state index is 14.7. The van der Waals surface area contributed by atoms with Gasteiger partial charge in [-0.15, -0.1) is 0 Å². The van der Waals surface area contributed by atoms with Crippen LogP contribution in [0.4, 0.5) is 13.2 Å². The normalized spacial score (nSPS) is 18.6. The molecule has 0 unspecified atom stereocenters. The van der Waals surface area contributed by atoms with Gasteiger partial charge in [0.25, 0.3) is 0 Å². The van der Waals surface area contributed by atoms with Crippen molar-refractivity contribution in [1.82, 2.24) is 0 Å². The number of aryl methyl sites for hydroxylation is 1. The summed E-state index contributed by atoms with van der Waals surface area (Å²) in [5.74, 6) is -0.867. The lowest BCUT2D eigenvalue weighted by Crippen LogP contribution is -2.13. The van der Waals surface area contributed by atoms with Crippen LogP contribution in [0.25, 0.3) is 17.2 Å². The molecule has 4 rings (SSSR count). The fraction of sp³-hybridized carbons (Fsp3) is 0.310. The minimum absolute atomic E-state index is 0.174. The third-order valence-corrected chi connectivity index (χ3v) is 6.52. The molecule has 0 amide bonds. The Morgan fingerprint density at radius 2 is 1.61 bits per heavy atom. The lowest BCUT2D eigenvalue weighted by atomic mass is 9.78. The van der Waals surface area contributed by atoms with Gasteiger partial charge < -0.3 is 4.74 Å². The van der Waals surface area contributed by atoms with Crippen LogP contribution in [0.15, 0.2) is 60.7 Å². The Hall–Kier alpha value is -3.01. The second-order valence-electron chi connectivity index (χ2n) is 8.78. The molecule has 0 aliphatic heterocycles. The number of hydrogen-bond donors (Lipinski definition) is 0. The Bertz CT molecular complexity index is 1130. The average Bonchev–Trinajstić information content (AvgIpc) is 2.82. The van der Waals surface area contributed by atoms with Gasteiger partial charge in [0.05, 0.1) is 6.61 Å². The van der Waals surface area contributed by atoms with Crippen LogP contribution in [0.5, 0.6) is 5.75 Å². The summed E-state index contributed by atoms with van der Waals surface area (Å²) in [6.45, 7) is 4.34. The highest BCUT2D eigenvalue weighted by molar-refractivity contribution is 5.67. The molecule has 0 atom stereocenters. The first-order valence-electron chi connectivity index (χ1n) is 11.6. The van der Waals surface area contributed by atoms with E-state index in [2.05, 4.69) is 0 Å². The molecule has 1 aliphatic carbocycles. The molecule has 0 N–H and O–H groups in total. The van der Waals surface area contributed by atoms with Gasteiger partial charge in [-0.2, -0.15) is 0 Å². The van der Waals surface area contributed by atoms with Gasteiger partial charge in [0.2, 0.25) is 0 Å². The number of hydrogen-bond acceptors (Lipinski definition) is 1. The van der Waals surface area contributed by atoms with Crippen molar-refractivity contribution in [1.29, 1.82) is 0 Å². The van der Waals surface area contributed by atoms with Crippen molar-refractivity contribution in [3.05, 3.63) is 94.8 Å². The highest BCUT2D eigenvalue weighted by Crippen LogP contribution is 2.38. The fourth-order valence-corrected chi connectivity index (χ4v) is 4.61. The second-order valence-corrected chi connectivity index (χ2v) is 8.78. The highest BCUT2D eigenvalue weighted by atomic mass is 19.2. The van der Waals surface area contributed by atoms with Gasteiger partial charge in [0, 0.05) is 17.2 Å². The van der Waals surface area contributed by atoms with E-state index >= 15 is 0 Å². The van der Waals surface area contributed by atoms with Crippen LogP contribution in [0.3, 0.4) is 0 Å². The Morgan fingerprint density at radius 3 is 2.27 bits per heavy atom. The maximum Gasteiger partial charge on any atom is 0.167 e. The first-order chi connectivity index (χ1) is 16.0. The number of benzene rings is 3. The van der Waals surface area contributed by atoms with Crippen LogP contribution in [0, 0.1) is 30.3 Å². The molecular weight excluding hydrogens is 421 g/mol. The number of rotatable bonds is 6. The van der Waals surface area contributed by atoms with Gasteiger partial charge in [-0.3, -0.25) is 0 Å². The maximum atomic E-state index is 14.7. The van der Waals surface area contributed by atoms with Crippen molar-refractivity contribution in [3.8, 4) is 16.9 Å². The molecule has 0 bridgehead atoms. The summed E-state index contributed by atoms with van der Waals surface area (Å²) >= 11 is 0. The molecule has 3 aromatic rings. The molecule has 172 valence electrons. The lowest BCUT2D eigenvalue weighted by molar-refractivity contribution is 0.336. The standard InChI is InChI=1S/C29H29F3O/c1-3-33-24-15-17-25(27(30)18-24)21-11-6-20(7-12-21)8-13-23-14-16-26(29(32)28(23)31)22-9-4-19(2)5-10-22/h4-5,8-10,13-18,20-21H,3,6-7,11-12H2,1-2H3/b13-8+. The van der Waals surface area contributed by atoms with E-state index in [4.69, 9.17) is 4.74 Å². The topological polar surface area (TPSA) is 9.23 Å². The van der Waals surface area contributed by atoms with Gasteiger partial charge in [0.15, 0.2) is 11.6 Å². The average molecular weight is 451 g/mol. The van der Waals surface area contributed by atoms with Crippen LogP contribution < -0.4 is 4.74 Å². The smallest absolute Gasteiger partial charge is 0.167 e. The summed E-state index contributed by atoms with van der Waals surface area (Å²) in [4.78, 5) is 0. The number of ether oxygens (including phenoxy) is 1. The molecule has 0 spiro atoms. The minimum atomic E-state index is -0.825. The minimum Gasteiger partial charge on any atom is -0.494 e. The Balaban J connectivity index is 1.40. The van der Waals surface area contributed by atoms with Crippen LogP contribution in [-0.2, 0) is 0 Å². The largest absolute Gasteiger partial charge is 0.494 e. The third kappa shape index (κ3) is 5.32. The monoisotopic (exact) mass is 450 g/mol. The van der Waals surface area contributed by atoms with Gasteiger partial charge >= 0.3 is 0 Å². The molecular formula is C29H29F3O. The number of halogens is 3. The quantitative estimate of drug-likeness (QED) is 0.366. The van der Waals surface area contributed by atoms with Crippen LogP contribution in [-0.4, -0.2) is 6.61 Å². The summed E-state index contributed by atoms with van der Waals surface area (Å²) in [6.07, 6.45) is 7.15. The highest BCUT2D eigenvalue weighted by Gasteiger charge is 2.23. The van der Waals surface area contributed by atoms with Crippen LogP contribution >= 0.6 is 0 Å². The zero-order chi connectivity index (χ0) is 23.4. The summed E-state index contributed by atoms with van der Waals surface area (Å²) in [5.41, 5.74) is 2.98. The first kappa shape index (κ1) is 23.2. The van der Waals surface area contributed by atoms with E-state index in [1.54, 1.807) is 30.3 Å². The molecule has 33 heavy (non-hydrogen) atoms. The fourth-order valence-electron chi connectivity index (χ4n) is 4.61. The molecule has 0 saturated heterocycles. The molecule has 1 nitrogen and oxygen atoms in total. The Morgan fingerprint density at radius 1 is 0.879 bits per heavy atom. The van der Waals surface area contributed by atoms with E-state index in [-0.39, 0.29) is 28.8 Å². The SMILES string of the molecule is CCOc1ccc(C2CCC(/C=C/c3ccc(-c4ccc(C)cc4)c(F)c3F)CC2)c(F)c1. The van der Waals surface area contributed by atoms with Crippen molar-refractivity contribution in [2.75, 3.05) is 6.61 Å². The van der Waals surface area contributed by atoms with Crippen molar-refractivity contribution in [3.63, 3.8) is 0 Å². The van der Waals surface area contributed by atoms with Crippen molar-refractivity contribution in [2.24, 2.45) is 5.92 Å². The van der Waals surface area contributed by atoms with Crippen molar-refractivity contribution in [2.45, 2.75) is 45.4 Å². The van der Waals surface area contributed by atoms with E-state index in [9.17, 15) is 13.2 Å². The molecule has 0 heterocycles. The van der Waals surface area contributed by atoms with Crippen molar-refractivity contribution < 1.29 is 17.9 Å². The third-order valence-electron chi connectivity index (χ3n) is 6.52.